The number of imidazole rings is 1. The number of aromatic nitrogens is 4. The Morgan fingerprint density at radius 1 is 1.18 bits per heavy atom. The third-order valence-corrected chi connectivity index (χ3v) is 7.97. The van der Waals surface area contributed by atoms with Crippen LogP contribution in [0.4, 0.5) is 5.82 Å². The molecule has 0 aliphatic carbocycles. The van der Waals surface area contributed by atoms with Crippen LogP contribution in [-0.2, 0) is 31.6 Å². The molecule has 0 aromatic carbocycles. The Labute approximate surface area is 183 Å². The molecule has 6 atom stereocenters. The third kappa shape index (κ3) is 5.48. The Hall–Kier alpha value is -1.80. The predicted molar refractivity (Wildman–Crippen MR) is 103 cm³/mol. The van der Waals surface area contributed by atoms with E-state index in [9.17, 15) is 28.8 Å². The number of nitrogens with zero attached hydrogens (tertiary/aromatic N) is 4. The van der Waals surface area contributed by atoms with Crippen LogP contribution in [0.3, 0.4) is 0 Å². The van der Waals surface area contributed by atoms with E-state index in [1.165, 1.54) is 0 Å². The van der Waals surface area contributed by atoms with Crippen molar-refractivity contribution >= 4 is 40.4 Å². The molecule has 1 aliphatic heterocycles. The Morgan fingerprint density at radius 3 is 2.45 bits per heavy atom. The number of rotatable bonds is 8. The monoisotopic (exact) mass is 531 g/mol. The highest BCUT2D eigenvalue weighted by atomic mass is 31.3. The second-order valence-corrected chi connectivity index (χ2v) is 10.8. The topological polar surface area (TPSA) is 279 Å². The molecule has 8 N–H and O–H groups in total. The van der Waals surface area contributed by atoms with Crippen LogP contribution in [-0.4, -0.2) is 73.7 Å². The minimum absolute atomic E-state index is 0.00856. The maximum absolute atomic E-state index is 11.9. The minimum atomic E-state index is -5.75. The van der Waals surface area contributed by atoms with Crippen molar-refractivity contribution in [2.45, 2.75) is 24.0 Å². The van der Waals surface area contributed by atoms with Gasteiger partial charge < -0.3 is 40.3 Å². The second kappa shape index (κ2) is 8.77. The number of phosphoric acid groups is 3. The average Bonchev–Trinajstić information content (AvgIpc) is 3.18. The molecule has 0 radical (unpaired) electrons. The predicted octanol–water partition coefficient (Wildman–Crippen LogP) is -1.63. The molecule has 0 saturated carbocycles. The van der Waals surface area contributed by atoms with E-state index in [-0.39, 0.29) is 17.0 Å². The molecule has 3 rings (SSSR count). The van der Waals surface area contributed by atoms with E-state index in [1.54, 1.807) is 0 Å². The van der Waals surface area contributed by atoms with Crippen molar-refractivity contribution in [2.75, 3.05) is 12.3 Å². The van der Waals surface area contributed by atoms with Gasteiger partial charge >= 0.3 is 23.5 Å². The van der Waals surface area contributed by atoms with Gasteiger partial charge in [0.05, 0.1) is 12.9 Å². The van der Waals surface area contributed by atoms with Crippen LogP contribution in [0.1, 0.15) is 6.23 Å². The van der Waals surface area contributed by atoms with E-state index >= 15 is 0 Å². The number of ether oxygens (including phenoxy) is 1. The van der Waals surface area contributed by atoms with Gasteiger partial charge in [0.1, 0.15) is 24.1 Å². The van der Waals surface area contributed by atoms with Crippen molar-refractivity contribution in [3.63, 3.8) is 0 Å². The number of aliphatic hydroxyl groups is 2. The Morgan fingerprint density at radius 2 is 1.85 bits per heavy atom. The van der Waals surface area contributed by atoms with Gasteiger partial charge in [-0.05, 0) is 0 Å². The van der Waals surface area contributed by atoms with Crippen molar-refractivity contribution in [3.8, 4) is 12.3 Å². The molecule has 0 amide bonds. The zero-order valence-electron chi connectivity index (χ0n) is 15.9. The fourth-order valence-electron chi connectivity index (χ4n) is 2.85. The van der Waals surface area contributed by atoms with E-state index in [2.05, 4.69) is 28.1 Å². The highest BCUT2D eigenvalue weighted by Gasteiger charge is 2.56. The first kappa shape index (κ1) is 25.8. The van der Waals surface area contributed by atoms with Crippen LogP contribution in [0.5, 0.6) is 0 Å². The molecule has 2 aromatic rings. The van der Waals surface area contributed by atoms with E-state index in [4.69, 9.17) is 31.6 Å². The number of nitrogen functional groups attached to an aromatic ring is 1. The molecular formula is C12H16N5O13P3. The van der Waals surface area contributed by atoms with Gasteiger partial charge in [0, 0.05) is 0 Å². The molecule has 1 aliphatic rings. The number of aliphatic hydroxyl groups excluding tert-OH is 1. The van der Waals surface area contributed by atoms with Gasteiger partial charge in [-0.2, -0.15) is 8.62 Å². The molecule has 0 spiro atoms. The highest BCUT2D eigenvalue weighted by Crippen LogP contribution is 2.66. The van der Waals surface area contributed by atoms with Crippen LogP contribution in [0.2, 0.25) is 0 Å². The van der Waals surface area contributed by atoms with Gasteiger partial charge in [0.25, 0.3) is 0 Å². The van der Waals surface area contributed by atoms with E-state index < -0.39 is 54.1 Å². The van der Waals surface area contributed by atoms with Crippen LogP contribution in [0.15, 0.2) is 12.7 Å². The fourth-order valence-corrected chi connectivity index (χ4v) is 5.88. The summed E-state index contributed by atoms with van der Waals surface area (Å²) >= 11 is 0. The molecule has 3 heterocycles. The Kier molecular flexibility index (Phi) is 6.86. The summed E-state index contributed by atoms with van der Waals surface area (Å²) in [5, 5.41) is 21.3. The average molecular weight is 531 g/mol. The van der Waals surface area contributed by atoms with E-state index in [0.29, 0.717) is 0 Å². The van der Waals surface area contributed by atoms with Gasteiger partial charge in [-0.15, -0.1) is 6.42 Å². The summed E-state index contributed by atoms with van der Waals surface area (Å²) in [5.41, 5.74) is 3.42. The lowest BCUT2D eigenvalue weighted by Crippen LogP contribution is -2.45. The number of hydrogen-bond donors (Lipinski definition) is 7. The number of fused-ring (bicyclic) bond motifs is 1. The van der Waals surface area contributed by atoms with Crippen LogP contribution >= 0.6 is 23.5 Å². The van der Waals surface area contributed by atoms with Crippen LogP contribution < -0.4 is 5.73 Å². The van der Waals surface area contributed by atoms with Crippen molar-refractivity contribution in [3.05, 3.63) is 12.7 Å². The quantitative estimate of drug-likeness (QED) is 0.149. The molecule has 18 nitrogen and oxygen atoms in total. The van der Waals surface area contributed by atoms with Gasteiger partial charge in [-0.3, -0.25) is 9.09 Å². The maximum Gasteiger partial charge on any atom is 0.490 e. The number of terminal acetylenes is 1. The summed E-state index contributed by atoms with van der Waals surface area (Å²) in [4.78, 5) is 47.4. The molecule has 182 valence electrons. The van der Waals surface area contributed by atoms with Crippen molar-refractivity contribution in [2.24, 2.45) is 0 Å². The SMILES string of the molecule is C#CC1(O)C(O)C(COP(=O)(O)OP(=O)(O)OP(=O)(O)O)OC1n1cnc2c(N)ncnc21. The molecule has 1 saturated heterocycles. The Balaban J connectivity index is 1.79. The summed E-state index contributed by atoms with van der Waals surface area (Å²) in [7, 11) is -16.8. The number of anilines is 1. The lowest BCUT2D eigenvalue weighted by Gasteiger charge is -2.26. The zero-order chi connectivity index (χ0) is 24.8. The summed E-state index contributed by atoms with van der Waals surface area (Å²) < 4.78 is 52.1. The lowest BCUT2D eigenvalue weighted by atomic mass is 9.95. The van der Waals surface area contributed by atoms with Crippen molar-refractivity contribution in [1.29, 1.82) is 0 Å². The van der Waals surface area contributed by atoms with Gasteiger partial charge in [-0.25, -0.2) is 28.6 Å². The van der Waals surface area contributed by atoms with Crippen molar-refractivity contribution in [1.82, 2.24) is 19.5 Å². The summed E-state index contributed by atoms with van der Waals surface area (Å²) in [6.45, 7) is -1.06. The largest absolute Gasteiger partial charge is 0.490 e. The van der Waals surface area contributed by atoms with Gasteiger partial charge in [-0.1, -0.05) is 5.92 Å². The zero-order valence-corrected chi connectivity index (χ0v) is 18.6. The summed E-state index contributed by atoms with van der Waals surface area (Å²) in [6, 6.07) is 0. The molecule has 33 heavy (non-hydrogen) atoms. The minimum Gasteiger partial charge on any atom is -0.386 e. The van der Waals surface area contributed by atoms with E-state index in [0.717, 1.165) is 17.2 Å². The number of phosphoric ester groups is 1. The number of nitrogens with two attached hydrogens (primary N) is 1. The fraction of sp³-hybridized carbons (Fsp3) is 0.417. The first-order valence-corrected chi connectivity index (χ1v) is 12.9. The molecule has 21 heteroatoms. The third-order valence-electron chi connectivity index (χ3n) is 4.17. The summed E-state index contributed by atoms with van der Waals surface area (Å²) in [5.74, 6) is 1.94. The molecule has 6 unspecified atom stereocenters. The summed E-state index contributed by atoms with van der Waals surface area (Å²) in [6.07, 6.45) is 2.43. The molecule has 2 aromatic heterocycles. The maximum atomic E-state index is 11.9. The second-order valence-electron chi connectivity index (χ2n) is 6.41. The molecule has 1 fully saturated rings. The van der Waals surface area contributed by atoms with E-state index in [1.807, 2.05) is 5.92 Å². The molecular weight excluding hydrogens is 515 g/mol. The Bertz CT molecular complexity index is 1240. The highest BCUT2D eigenvalue weighted by molar-refractivity contribution is 7.66. The van der Waals surface area contributed by atoms with Crippen molar-refractivity contribution < 1.29 is 61.4 Å². The lowest BCUT2D eigenvalue weighted by molar-refractivity contribution is -0.0717. The first-order chi connectivity index (χ1) is 15.1. The number of hydrogen-bond acceptors (Lipinski definition) is 13. The molecule has 0 bridgehead atoms. The van der Waals surface area contributed by atoms with Crippen LogP contribution in [0, 0.1) is 12.3 Å². The normalized spacial score (nSPS) is 29.4. The first-order valence-electron chi connectivity index (χ1n) is 8.33. The van der Waals surface area contributed by atoms with Crippen LogP contribution in [0.25, 0.3) is 11.2 Å². The van der Waals surface area contributed by atoms with Gasteiger partial charge in [0.15, 0.2) is 23.3 Å². The standard InChI is InChI=1S/C12H16N5O13P3/c1-2-12(19)8(18)6(3-27-32(23,24)30-33(25,26)29-31(20,21)22)28-11(12)17-5-16-7-9(13)14-4-15-10(7)17/h1,4-6,8,11,18-19H,3H2,(H,23,24)(H,25,26)(H2,13,14,15)(H2,20,21,22). The van der Waals surface area contributed by atoms with Gasteiger partial charge in [0.2, 0.25) is 0 Å². The smallest absolute Gasteiger partial charge is 0.386 e.